The van der Waals surface area contributed by atoms with Crippen LogP contribution in [0.3, 0.4) is 0 Å². The highest BCUT2D eigenvalue weighted by Crippen LogP contribution is 2.33. The van der Waals surface area contributed by atoms with Gasteiger partial charge in [-0.2, -0.15) is 4.31 Å². The summed E-state index contributed by atoms with van der Waals surface area (Å²) in [6, 6.07) is 10.1. The predicted octanol–water partition coefficient (Wildman–Crippen LogP) is 2.44. The van der Waals surface area contributed by atoms with E-state index in [1.54, 1.807) is 32.4 Å². The van der Waals surface area contributed by atoms with Crippen LogP contribution in [0.25, 0.3) is 0 Å². The lowest BCUT2D eigenvalue weighted by molar-refractivity contribution is -0.126. The van der Waals surface area contributed by atoms with Crippen molar-refractivity contribution in [1.82, 2.24) is 9.62 Å². The standard InChI is InChI=1S/C23H30N2O7S/c1-29-18-6-8-20(31-3)22(14-18)33(27,28)25-11-9-17(10-12-25)23(26)24-15-16-5-7-19(30-2)21(13-16)32-4/h5-8,13-14,17H,9-12,15H2,1-4H3,(H,24,26). The number of piperidine rings is 1. The highest BCUT2D eigenvalue weighted by atomic mass is 32.2. The summed E-state index contributed by atoms with van der Waals surface area (Å²) in [5, 5.41) is 2.94. The molecule has 1 aliphatic heterocycles. The molecule has 9 nitrogen and oxygen atoms in total. The number of methoxy groups -OCH3 is 4. The maximum absolute atomic E-state index is 13.2. The third kappa shape index (κ3) is 5.51. The van der Waals surface area contributed by atoms with Crippen LogP contribution in [0, 0.1) is 5.92 Å². The van der Waals surface area contributed by atoms with E-state index >= 15 is 0 Å². The van der Waals surface area contributed by atoms with Crippen LogP contribution in [0.5, 0.6) is 23.0 Å². The van der Waals surface area contributed by atoms with E-state index in [1.807, 2.05) is 12.1 Å². The van der Waals surface area contributed by atoms with Crippen molar-refractivity contribution in [2.75, 3.05) is 41.5 Å². The van der Waals surface area contributed by atoms with Crippen molar-refractivity contribution >= 4 is 15.9 Å². The summed E-state index contributed by atoms with van der Waals surface area (Å²) in [6.07, 6.45) is 0.868. The van der Waals surface area contributed by atoms with Gasteiger partial charge in [0.15, 0.2) is 11.5 Å². The van der Waals surface area contributed by atoms with Gasteiger partial charge in [0.05, 0.1) is 28.4 Å². The highest BCUT2D eigenvalue weighted by Gasteiger charge is 2.34. The van der Waals surface area contributed by atoms with Gasteiger partial charge in [-0.25, -0.2) is 8.42 Å². The normalized spacial score (nSPS) is 15.0. The first kappa shape index (κ1) is 24.7. The lowest BCUT2D eigenvalue weighted by Gasteiger charge is -2.31. The summed E-state index contributed by atoms with van der Waals surface area (Å²) >= 11 is 0. The first-order valence-electron chi connectivity index (χ1n) is 10.5. The van der Waals surface area contributed by atoms with Gasteiger partial charge in [-0.1, -0.05) is 6.07 Å². The number of hydrogen-bond acceptors (Lipinski definition) is 7. The Kier molecular flexibility index (Phi) is 8.04. The fraction of sp³-hybridized carbons (Fsp3) is 0.435. The molecule has 0 bridgehead atoms. The van der Waals surface area contributed by atoms with Gasteiger partial charge in [-0.3, -0.25) is 4.79 Å². The van der Waals surface area contributed by atoms with E-state index in [1.165, 1.54) is 24.6 Å². The number of ether oxygens (including phenoxy) is 4. The van der Waals surface area contributed by atoms with Gasteiger partial charge >= 0.3 is 0 Å². The quantitative estimate of drug-likeness (QED) is 0.590. The Morgan fingerprint density at radius 1 is 0.909 bits per heavy atom. The highest BCUT2D eigenvalue weighted by molar-refractivity contribution is 7.89. The summed E-state index contributed by atoms with van der Waals surface area (Å²) < 4.78 is 48.7. The third-order valence-corrected chi connectivity index (χ3v) is 7.65. The van der Waals surface area contributed by atoms with E-state index in [-0.39, 0.29) is 35.6 Å². The number of rotatable bonds is 9. The minimum atomic E-state index is -3.79. The largest absolute Gasteiger partial charge is 0.497 e. The molecule has 1 amide bonds. The molecular formula is C23H30N2O7S. The second kappa shape index (κ2) is 10.8. The number of nitrogens with one attached hydrogen (secondary N) is 1. The van der Waals surface area contributed by atoms with Gasteiger partial charge in [-0.05, 0) is 42.7 Å². The number of nitrogens with zero attached hydrogens (tertiary/aromatic N) is 1. The van der Waals surface area contributed by atoms with Crippen molar-refractivity contribution in [1.29, 1.82) is 0 Å². The molecule has 2 aromatic rings. The predicted molar refractivity (Wildman–Crippen MR) is 122 cm³/mol. The Morgan fingerprint density at radius 3 is 2.15 bits per heavy atom. The summed E-state index contributed by atoms with van der Waals surface area (Å²) in [4.78, 5) is 12.7. The second-order valence-corrected chi connectivity index (χ2v) is 9.51. The summed E-state index contributed by atoms with van der Waals surface area (Å²) in [7, 11) is 2.24. The van der Waals surface area contributed by atoms with Crippen LogP contribution in [0.4, 0.5) is 0 Å². The maximum atomic E-state index is 13.2. The van der Waals surface area contributed by atoms with E-state index in [2.05, 4.69) is 5.32 Å². The van der Waals surface area contributed by atoms with Crippen LogP contribution in [-0.4, -0.2) is 60.2 Å². The topological polar surface area (TPSA) is 103 Å². The Labute approximate surface area is 194 Å². The van der Waals surface area contributed by atoms with Gasteiger partial charge in [0.1, 0.15) is 16.4 Å². The fourth-order valence-corrected chi connectivity index (χ4v) is 5.45. The van der Waals surface area contributed by atoms with Gasteiger partial charge in [0.2, 0.25) is 15.9 Å². The summed E-state index contributed by atoms with van der Waals surface area (Å²) in [6.45, 7) is 0.840. The van der Waals surface area contributed by atoms with Crippen molar-refractivity contribution < 1.29 is 32.2 Å². The molecule has 0 aliphatic carbocycles. The number of carbonyl (C=O) groups excluding carboxylic acids is 1. The van der Waals surface area contributed by atoms with Gasteiger partial charge in [0.25, 0.3) is 0 Å². The van der Waals surface area contributed by atoms with E-state index < -0.39 is 10.0 Å². The third-order valence-electron chi connectivity index (χ3n) is 5.73. The molecule has 0 atom stereocenters. The molecule has 1 saturated heterocycles. The molecule has 33 heavy (non-hydrogen) atoms. The van der Waals surface area contributed by atoms with Crippen LogP contribution in [0.15, 0.2) is 41.3 Å². The van der Waals surface area contributed by atoms with Crippen molar-refractivity contribution in [3.63, 3.8) is 0 Å². The molecule has 180 valence electrons. The SMILES string of the molecule is COc1ccc(OC)c(S(=O)(=O)N2CCC(C(=O)NCc3ccc(OC)c(OC)c3)CC2)c1. The zero-order valence-corrected chi connectivity index (χ0v) is 20.1. The van der Waals surface area contributed by atoms with Gasteiger partial charge in [-0.15, -0.1) is 0 Å². The second-order valence-electron chi connectivity index (χ2n) is 7.60. The minimum Gasteiger partial charge on any atom is -0.497 e. The molecule has 0 aromatic heterocycles. The summed E-state index contributed by atoms with van der Waals surface area (Å²) in [5.41, 5.74) is 0.881. The fourth-order valence-electron chi connectivity index (χ4n) is 3.81. The lowest BCUT2D eigenvalue weighted by Crippen LogP contribution is -2.42. The molecule has 0 radical (unpaired) electrons. The average Bonchev–Trinajstić information content (AvgIpc) is 2.86. The number of carbonyl (C=O) groups is 1. The number of sulfonamides is 1. The van der Waals surface area contributed by atoms with Gasteiger partial charge < -0.3 is 24.3 Å². The lowest BCUT2D eigenvalue weighted by atomic mass is 9.97. The zero-order chi connectivity index (χ0) is 24.0. The van der Waals surface area contributed by atoms with Crippen molar-refractivity contribution in [3.05, 3.63) is 42.0 Å². The Hall–Kier alpha value is -2.98. The monoisotopic (exact) mass is 478 g/mol. The van der Waals surface area contributed by atoms with E-state index in [4.69, 9.17) is 18.9 Å². The van der Waals surface area contributed by atoms with Crippen molar-refractivity contribution in [3.8, 4) is 23.0 Å². The van der Waals surface area contributed by atoms with Crippen LogP contribution in [0.1, 0.15) is 18.4 Å². The molecule has 2 aromatic carbocycles. The number of amides is 1. The van der Waals surface area contributed by atoms with E-state index in [0.717, 1.165) is 5.56 Å². The molecule has 0 spiro atoms. The molecule has 1 fully saturated rings. The van der Waals surface area contributed by atoms with Crippen LogP contribution < -0.4 is 24.3 Å². The molecular weight excluding hydrogens is 448 g/mol. The molecule has 10 heteroatoms. The molecule has 1 heterocycles. The Morgan fingerprint density at radius 2 is 1.55 bits per heavy atom. The zero-order valence-electron chi connectivity index (χ0n) is 19.3. The van der Waals surface area contributed by atoms with Crippen molar-refractivity contribution in [2.24, 2.45) is 5.92 Å². The molecule has 0 unspecified atom stereocenters. The van der Waals surface area contributed by atoms with Crippen LogP contribution in [0.2, 0.25) is 0 Å². The van der Waals surface area contributed by atoms with Crippen LogP contribution in [-0.2, 0) is 21.4 Å². The molecule has 0 saturated carbocycles. The maximum Gasteiger partial charge on any atom is 0.246 e. The first-order valence-corrected chi connectivity index (χ1v) is 12.0. The Bertz CT molecular complexity index is 1080. The van der Waals surface area contributed by atoms with Crippen molar-refractivity contribution in [2.45, 2.75) is 24.3 Å². The van der Waals surface area contributed by atoms with Gasteiger partial charge in [0, 0.05) is 31.6 Å². The number of hydrogen-bond donors (Lipinski definition) is 1. The molecule has 1 N–H and O–H groups in total. The molecule has 3 rings (SSSR count). The van der Waals surface area contributed by atoms with E-state index in [0.29, 0.717) is 36.6 Å². The summed E-state index contributed by atoms with van der Waals surface area (Å²) in [5.74, 6) is 1.54. The smallest absolute Gasteiger partial charge is 0.246 e. The van der Waals surface area contributed by atoms with Crippen LogP contribution >= 0.6 is 0 Å². The number of benzene rings is 2. The van der Waals surface area contributed by atoms with E-state index in [9.17, 15) is 13.2 Å². The first-order chi connectivity index (χ1) is 15.8. The average molecular weight is 479 g/mol. The Balaban J connectivity index is 1.61. The minimum absolute atomic E-state index is 0.0562. The molecule has 1 aliphatic rings.